The molecule has 0 saturated carbocycles. The molecular formula is C32H49N3O5S. The first-order chi connectivity index (χ1) is 19.1. The molecule has 3 heterocycles. The van der Waals surface area contributed by atoms with Gasteiger partial charge in [-0.2, -0.15) is 0 Å². The van der Waals surface area contributed by atoms with Crippen molar-refractivity contribution in [3.63, 3.8) is 0 Å². The van der Waals surface area contributed by atoms with Gasteiger partial charge in [-0.25, -0.2) is 0 Å². The Morgan fingerprint density at radius 1 is 1.15 bits per heavy atom. The number of thioether (sulfide) groups is 1. The summed E-state index contributed by atoms with van der Waals surface area (Å²) >= 11 is 1.65. The smallest absolute Gasteiger partial charge is 0.244 e. The normalized spacial score (nSPS) is 28.1. The van der Waals surface area contributed by atoms with Crippen molar-refractivity contribution in [1.82, 2.24) is 10.2 Å². The quantitative estimate of drug-likeness (QED) is 0.342. The van der Waals surface area contributed by atoms with Crippen LogP contribution in [0.3, 0.4) is 0 Å². The first-order valence-electron chi connectivity index (χ1n) is 15.1. The number of rotatable bonds is 11. The number of amides is 3. The molecule has 3 aliphatic heterocycles. The Morgan fingerprint density at radius 3 is 2.37 bits per heavy atom. The molecule has 0 aliphatic carbocycles. The molecule has 1 spiro atoms. The molecule has 0 radical (unpaired) electrons. The average Bonchev–Trinajstić information content (AvgIpc) is 3.49. The van der Waals surface area contributed by atoms with Gasteiger partial charge in [0.15, 0.2) is 0 Å². The number of hydrogen-bond acceptors (Lipinski definition) is 6. The summed E-state index contributed by atoms with van der Waals surface area (Å²) < 4.78 is 4.82. The van der Waals surface area contributed by atoms with Crippen molar-refractivity contribution in [3.8, 4) is 5.75 Å². The van der Waals surface area contributed by atoms with Gasteiger partial charge in [0.1, 0.15) is 11.8 Å². The maximum Gasteiger partial charge on any atom is 0.244 e. The molecule has 6 atom stereocenters. The van der Waals surface area contributed by atoms with Gasteiger partial charge in [-0.1, -0.05) is 34.6 Å². The van der Waals surface area contributed by atoms with E-state index in [1.54, 1.807) is 28.8 Å². The highest BCUT2D eigenvalue weighted by molar-refractivity contribution is 8.02. The first kappa shape index (κ1) is 31.7. The molecule has 2 bridgehead atoms. The molecule has 3 amide bonds. The largest absolute Gasteiger partial charge is 0.494 e. The molecule has 228 valence electrons. The summed E-state index contributed by atoms with van der Waals surface area (Å²) in [7, 11) is 0. The molecule has 1 aromatic carbocycles. The van der Waals surface area contributed by atoms with Crippen molar-refractivity contribution < 1.29 is 24.2 Å². The van der Waals surface area contributed by atoms with Gasteiger partial charge >= 0.3 is 0 Å². The summed E-state index contributed by atoms with van der Waals surface area (Å²) in [6.45, 7) is 16.8. The number of aliphatic hydroxyl groups is 1. The number of carbonyl (C=O) groups is 3. The number of ether oxygens (including phenoxy) is 1. The fraction of sp³-hybridized carbons (Fsp3) is 0.719. The van der Waals surface area contributed by atoms with Crippen LogP contribution >= 0.6 is 11.8 Å². The fourth-order valence-electron chi connectivity index (χ4n) is 7.70. The predicted molar refractivity (Wildman–Crippen MR) is 164 cm³/mol. The second-order valence-corrected chi connectivity index (χ2v) is 15.9. The van der Waals surface area contributed by atoms with Crippen LogP contribution in [0.15, 0.2) is 24.3 Å². The van der Waals surface area contributed by atoms with Crippen molar-refractivity contribution >= 4 is 35.2 Å². The third-order valence-corrected chi connectivity index (χ3v) is 10.5. The number of nitrogens with zero attached hydrogens (tertiary/aromatic N) is 1. The van der Waals surface area contributed by atoms with Gasteiger partial charge in [0.2, 0.25) is 17.7 Å². The zero-order valence-corrected chi connectivity index (χ0v) is 26.8. The highest BCUT2D eigenvalue weighted by atomic mass is 32.2. The molecule has 1 aromatic rings. The van der Waals surface area contributed by atoms with E-state index in [-0.39, 0.29) is 40.9 Å². The van der Waals surface area contributed by atoms with Crippen LogP contribution < -0.4 is 15.4 Å². The third-order valence-electron chi connectivity index (χ3n) is 8.50. The van der Waals surface area contributed by atoms with Gasteiger partial charge in [0.25, 0.3) is 0 Å². The Morgan fingerprint density at radius 2 is 1.80 bits per heavy atom. The molecule has 9 heteroatoms. The van der Waals surface area contributed by atoms with Crippen LogP contribution in [0.25, 0.3) is 0 Å². The summed E-state index contributed by atoms with van der Waals surface area (Å²) in [4.78, 5) is 44.1. The van der Waals surface area contributed by atoms with E-state index < -0.39 is 34.2 Å². The van der Waals surface area contributed by atoms with Crippen LogP contribution in [-0.2, 0) is 14.4 Å². The molecule has 3 N–H and O–H groups in total. The second kappa shape index (κ2) is 11.8. The molecular weight excluding hydrogens is 538 g/mol. The summed E-state index contributed by atoms with van der Waals surface area (Å²) in [5, 5.41) is 16.8. The van der Waals surface area contributed by atoms with Crippen molar-refractivity contribution in [2.45, 2.75) is 109 Å². The van der Waals surface area contributed by atoms with Crippen molar-refractivity contribution in [1.29, 1.82) is 0 Å². The number of anilines is 1. The number of benzene rings is 1. The van der Waals surface area contributed by atoms with Gasteiger partial charge in [-0.05, 0) is 82.1 Å². The minimum atomic E-state index is -0.742. The van der Waals surface area contributed by atoms with Gasteiger partial charge in [0.05, 0.1) is 35.8 Å². The molecule has 41 heavy (non-hydrogen) atoms. The van der Waals surface area contributed by atoms with Crippen molar-refractivity contribution in [2.75, 3.05) is 18.5 Å². The number of likely N-dealkylation sites (tertiary alicyclic amines) is 1. The summed E-state index contributed by atoms with van der Waals surface area (Å²) in [6.07, 6.45) is 2.81. The molecule has 2 unspecified atom stereocenters. The topological polar surface area (TPSA) is 108 Å². The Kier molecular flexibility index (Phi) is 9.11. The third kappa shape index (κ3) is 6.41. The van der Waals surface area contributed by atoms with E-state index in [9.17, 15) is 19.5 Å². The molecule has 4 rings (SSSR count). The van der Waals surface area contributed by atoms with Crippen LogP contribution in [0, 0.1) is 23.2 Å². The van der Waals surface area contributed by atoms with E-state index in [1.165, 1.54) is 0 Å². The lowest BCUT2D eigenvalue weighted by atomic mass is 9.70. The SMILES string of the molecule is CCOc1ccc(NC(=O)[C@@H]2[C@H]3C(=O)N([C@@H](CO)CC(C)C)C(C(=O)NC(C)(C)CC(C)(C)C)C34CC[C@H]2S4)cc1. The molecule has 3 aliphatic rings. The lowest BCUT2D eigenvalue weighted by molar-refractivity contribution is -0.143. The minimum Gasteiger partial charge on any atom is -0.494 e. The number of hydrogen-bond donors (Lipinski definition) is 3. The van der Waals surface area contributed by atoms with Gasteiger partial charge in [-0.15, -0.1) is 11.8 Å². The highest BCUT2D eigenvalue weighted by Gasteiger charge is 2.74. The first-order valence-corrected chi connectivity index (χ1v) is 16.0. The van der Waals surface area contributed by atoms with E-state index in [1.807, 2.05) is 32.9 Å². The van der Waals surface area contributed by atoms with Crippen LogP contribution in [0.2, 0.25) is 0 Å². The zero-order valence-electron chi connectivity index (χ0n) is 26.0. The Bertz CT molecular complexity index is 1130. The minimum absolute atomic E-state index is 0.00132. The van der Waals surface area contributed by atoms with Crippen LogP contribution in [0.4, 0.5) is 5.69 Å². The zero-order chi connectivity index (χ0) is 30.3. The monoisotopic (exact) mass is 587 g/mol. The second-order valence-electron chi connectivity index (χ2n) is 14.3. The predicted octanol–water partition coefficient (Wildman–Crippen LogP) is 4.85. The van der Waals surface area contributed by atoms with Gasteiger partial charge < -0.3 is 25.4 Å². The Labute approximate surface area is 249 Å². The lowest BCUT2D eigenvalue weighted by Gasteiger charge is -2.40. The highest BCUT2D eigenvalue weighted by Crippen LogP contribution is 2.66. The Balaban J connectivity index is 1.67. The lowest BCUT2D eigenvalue weighted by Crippen LogP contribution is -2.60. The number of carbonyl (C=O) groups excluding carboxylic acids is 3. The molecule has 0 aromatic heterocycles. The number of aliphatic hydroxyl groups excluding tert-OH is 1. The molecule has 8 nitrogen and oxygen atoms in total. The van der Waals surface area contributed by atoms with E-state index in [0.717, 1.165) is 18.6 Å². The van der Waals surface area contributed by atoms with E-state index in [0.29, 0.717) is 25.1 Å². The average molecular weight is 588 g/mol. The van der Waals surface area contributed by atoms with Crippen LogP contribution in [-0.4, -0.2) is 68.6 Å². The van der Waals surface area contributed by atoms with Gasteiger partial charge in [-0.3, -0.25) is 14.4 Å². The maximum absolute atomic E-state index is 14.4. The number of fused-ring (bicyclic) bond motifs is 1. The molecule has 3 saturated heterocycles. The summed E-state index contributed by atoms with van der Waals surface area (Å²) in [5.74, 6) is -0.763. The van der Waals surface area contributed by atoms with Crippen molar-refractivity contribution in [2.24, 2.45) is 23.2 Å². The van der Waals surface area contributed by atoms with E-state index >= 15 is 0 Å². The molecule has 3 fully saturated rings. The van der Waals surface area contributed by atoms with Gasteiger partial charge in [0, 0.05) is 16.5 Å². The fourth-order valence-corrected chi connectivity index (χ4v) is 9.91. The van der Waals surface area contributed by atoms with Crippen molar-refractivity contribution in [3.05, 3.63) is 24.3 Å². The summed E-state index contributed by atoms with van der Waals surface area (Å²) in [6, 6.07) is 6.01. The standard InChI is InChI=1S/C32H49N3O5S/c1-9-40-22-12-10-20(11-13-22)33-27(37)24-23-14-15-32(41-23)25(24)29(39)35(21(17-36)16-19(2)3)26(32)28(38)34-31(7,8)18-30(4,5)6/h10-13,19,21,23-26,36H,9,14-18H2,1-8H3,(H,33,37)(H,34,38)/t21-,23-,24+,25+,26?,32?/m1/s1. The maximum atomic E-state index is 14.4. The number of nitrogens with one attached hydrogen (secondary N) is 2. The van der Waals surface area contributed by atoms with Crippen LogP contribution in [0.5, 0.6) is 5.75 Å². The Hall–Kier alpha value is -2.26. The van der Waals surface area contributed by atoms with Crippen LogP contribution in [0.1, 0.15) is 81.1 Å². The van der Waals surface area contributed by atoms with E-state index in [2.05, 4.69) is 45.3 Å². The van der Waals surface area contributed by atoms with E-state index in [4.69, 9.17) is 4.74 Å². The summed E-state index contributed by atoms with van der Waals surface area (Å²) in [5.41, 5.74) is 0.157.